The van der Waals surface area contributed by atoms with Gasteiger partial charge < -0.3 is 10.5 Å². The Balaban J connectivity index is 0.00000484. The fraction of sp³-hybridized carbons (Fsp3) is 0.571. The number of benzene rings is 1. The lowest BCUT2D eigenvalue weighted by Crippen LogP contribution is -2.49. The molecule has 0 amide bonds. The number of alkyl halides is 2. The van der Waals surface area contributed by atoms with Crippen LogP contribution in [-0.2, 0) is 10.0 Å². The van der Waals surface area contributed by atoms with Crippen LogP contribution >= 0.6 is 12.4 Å². The van der Waals surface area contributed by atoms with Crippen molar-refractivity contribution in [2.24, 2.45) is 5.73 Å². The lowest BCUT2D eigenvalue weighted by atomic mass is 9.95. The summed E-state index contributed by atoms with van der Waals surface area (Å²) >= 11 is 0. The van der Waals surface area contributed by atoms with Crippen molar-refractivity contribution < 1.29 is 21.9 Å². The van der Waals surface area contributed by atoms with Crippen molar-refractivity contribution in [1.29, 1.82) is 0 Å². The average molecular weight is 373 g/mol. The van der Waals surface area contributed by atoms with E-state index in [0.717, 1.165) is 0 Å². The zero-order valence-electron chi connectivity index (χ0n) is 13.1. The third-order valence-electron chi connectivity index (χ3n) is 3.53. The van der Waals surface area contributed by atoms with Crippen LogP contribution in [-0.4, -0.2) is 33.5 Å². The van der Waals surface area contributed by atoms with Gasteiger partial charge in [-0.05, 0) is 37.1 Å². The number of hydrogen-bond donors (Lipinski definition) is 2. The van der Waals surface area contributed by atoms with Gasteiger partial charge in [-0.2, -0.15) is 0 Å². The lowest BCUT2D eigenvalue weighted by molar-refractivity contribution is 0.0819. The Labute approximate surface area is 142 Å². The van der Waals surface area contributed by atoms with Crippen molar-refractivity contribution in [2.45, 2.75) is 43.5 Å². The molecule has 0 aromatic heterocycles. The predicted molar refractivity (Wildman–Crippen MR) is 87.9 cm³/mol. The summed E-state index contributed by atoms with van der Waals surface area (Å²) in [6.07, 6.45) is -1.29. The Morgan fingerprint density at radius 2 is 1.74 bits per heavy atom. The molecule has 0 fully saturated rings. The molecule has 1 aromatic carbocycles. The van der Waals surface area contributed by atoms with Gasteiger partial charge in [-0.25, -0.2) is 21.9 Å². The minimum Gasteiger partial charge on any atom is -0.488 e. The van der Waals surface area contributed by atoms with Gasteiger partial charge in [0.05, 0.1) is 4.90 Å². The smallest absolute Gasteiger partial charge is 0.272 e. The van der Waals surface area contributed by atoms with Crippen LogP contribution < -0.4 is 15.2 Å². The topological polar surface area (TPSA) is 81.4 Å². The number of halogens is 3. The van der Waals surface area contributed by atoms with Gasteiger partial charge in [0.1, 0.15) is 12.4 Å². The van der Waals surface area contributed by atoms with Crippen molar-refractivity contribution in [1.82, 2.24) is 4.72 Å². The predicted octanol–water partition coefficient (Wildman–Crippen LogP) is 2.55. The maximum Gasteiger partial charge on any atom is 0.272 e. The summed E-state index contributed by atoms with van der Waals surface area (Å²) in [7, 11) is -3.70. The lowest BCUT2D eigenvalue weighted by Gasteiger charge is -2.26. The summed E-state index contributed by atoms with van der Waals surface area (Å²) in [4.78, 5) is 0.0338. The van der Waals surface area contributed by atoms with Crippen molar-refractivity contribution in [3.8, 4) is 5.75 Å². The molecule has 9 heteroatoms. The minimum absolute atomic E-state index is 0. The van der Waals surface area contributed by atoms with E-state index in [2.05, 4.69) is 4.72 Å². The number of ether oxygens (including phenoxy) is 1. The summed E-state index contributed by atoms with van der Waals surface area (Å²) in [5.74, 6) is 0.189. The minimum atomic E-state index is -3.70. The summed E-state index contributed by atoms with van der Waals surface area (Å²) in [6.45, 7) is 3.19. The Morgan fingerprint density at radius 1 is 1.22 bits per heavy atom. The molecule has 0 bridgehead atoms. The van der Waals surface area contributed by atoms with E-state index in [-0.39, 0.29) is 29.6 Å². The quantitative estimate of drug-likeness (QED) is 0.698. The molecule has 0 atom stereocenters. The summed E-state index contributed by atoms with van der Waals surface area (Å²) in [5.41, 5.74) is 5.47. The first-order valence-electron chi connectivity index (χ1n) is 7.02. The highest BCUT2D eigenvalue weighted by Crippen LogP contribution is 2.17. The molecule has 1 rings (SSSR count). The molecule has 0 saturated carbocycles. The van der Waals surface area contributed by atoms with E-state index in [1.165, 1.54) is 24.3 Å². The summed E-state index contributed by atoms with van der Waals surface area (Å²) in [6, 6.07) is 5.29. The molecule has 5 nitrogen and oxygen atoms in total. The molecule has 0 aliphatic heterocycles. The third kappa shape index (κ3) is 6.99. The van der Waals surface area contributed by atoms with Crippen molar-refractivity contribution in [3.63, 3.8) is 0 Å². The van der Waals surface area contributed by atoms with Crippen LogP contribution in [0.5, 0.6) is 5.75 Å². The third-order valence-corrected chi connectivity index (χ3v) is 4.95. The number of sulfonamides is 1. The fourth-order valence-corrected chi connectivity index (χ4v) is 2.83. The molecule has 0 aliphatic rings. The van der Waals surface area contributed by atoms with Crippen LogP contribution in [0.1, 0.15) is 26.7 Å². The highest BCUT2D eigenvalue weighted by molar-refractivity contribution is 7.89. The molecule has 0 aliphatic carbocycles. The molecule has 3 N–H and O–H groups in total. The van der Waals surface area contributed by atoms with Crippen LogP contribution in [0.25, 0.3) is 0 Å². The highest BCUT2D eigenvalue weighted by atomic mass is 35.5. The normalized spacial score (nSPS) is 12.1. The second-order valence-electron chi connectivity index (χ2n) is 5.07. The largest absolute Gasteiger partial charge is 0.488 e. The zero-order valence-corrected chi connectivity index (χ0v) is 14.7. The molecule has 0 radical (unpaired) electrons. The second kappa shape index (κ2) is 9.36. The fourth-order valence-electron chi connectivity index (χ4n) is 1.70. The maximum absolute atomic E-state index is 12.2. The second-order valence-corrected chi connectivity index (χ2v) is 6.83. The monoisotopic (exact) mass is 372 g/mol. The molecule has 0 saturated heterocycles. The van der Waals surface area contributed by atoms with Gasteiger partial charge in [0, 0.05) is 12.1 Å². The Hall–Kier alpha value is -0.960. The van der Waals surface area contributed by atoms with Crippen LogP contribution in [0, 0.1) is 0 Å². The van der Waals surface area contributed by atoms with Gasteiger partial charge in [0.25, 0.3) is 6.43 Å². The summed E-state index contributed by atoms with van der Waals surface area (Å²) in [5, 5.41) is 0. The van der Waals surface area contributed by atoms with E-state index in [0.29, 0.717) is 12.8 Å². The molecule has 0 spiro atoms. The number of hydrogen-bond acceptors (Lipinski definition) is 4. The van der Waals surface area contributed by atoms with E-state index < -0.39 is 28.6 Å². The number of nitrogens with one attached hydrogen (secondary N) is 1. The average Bonchev–Trinajstić information content (AvgIpc) is 2.51. The van der Waals surface area contributed by atoms with E-state index in [1.54, 1.807) is 0 Å². The van der Waals surface area contributed by atoms with Gasteiger partial charge in [-0.1, -0.05) is 13.8 Å². The standard InChI is InChI=1S/C14H22F2N2O3S.ClH/c1-3-14(17,4-2)10-18-22(19,20)12-7-5-11(6-8-12)21-9-13(15)16;/h5-8,13,18H,3-4,9-10,17H2,1-2H3;1H. The molecular weight excluding hydrogens is 350 g/mol. The van der Waals surface area contributed by atoms with E-state index in [1.807, 2.05) is 13.8 Å². The molecule has 134 valence electrons. The molecule has 23 heavy (non-hydrogen) atoms. The molecule has 1 aromatic rings. The first kappa shape index (κ1) is 22.0. The van der Waals surface area contributed by atoms with Gasteiger partial charge >= 0.3 is 0 Å². The first-order valence-corrected chi connectivity index (χ1v) is 8.50. The number of rotatable bonds is 9. The van der Waals surface area contributed by atoms with Crippen LogP contribution in [0.2, 0.25) is 0 Å². The van der Waals surface area contributed by atoms with E-state index >= 15 is 0 Å². The van der Waals surface area contributed by atoms with Crippen molar-refractivity contribution >= 4 is 22.4 Å². The Kier molecular flexibility index (Phi) is 8.97. The Bertz CT molecular complexity index is 564. The van der Waals surface area contributed by atoms with Gasteiger partial charge in [-0.15, -0.1) is 12.4 Å². The van der Waals surface area contributed by atoms with Crippen LogP contribution in [0.4, 0.5) is 8.78 Å². The zero-order chi connectivity index (χ0) is 16.8. The maximum atomic E-state index is 12.2. The van der Waals surface area contributed by atoms with Crippen LogP contribution in [0.3, 0.4) is 0 Å². The van der Waals surface area contributed by atoms with Gasteiger partial charge in [0.2, 0.25) is 10.0 Å². The van der Waals surface area contributed by atoms with E-state index in [4.69, 9.17) is 10.5 Å². The first-order chi connectivity index (χ1) is 10.2. The van der Waals surface area contributed by atoms with Gasteiger partial charge in [-0.3, -0.25) is 0 Å². The summed E-state index contributed by atoms with van der Waals surface area (Å²) < 4.78 is 55.6. The molecule has 0 unspecified atom stereocenters. The van der Waals surface area contributed by atoms with E-state index in [9.17, 15) is 17.2 Å². The van der Waals surface area contributed by atoms with Crippen molar-refractivity contribution in [2.75, 3.05) is 13.2 Å². The molecular formula is C14H23ClF2N2O3S. The Morgan fingerprint density at radius 3 is 2.17 bits per heavy atom. The van der Waals surface area contributed by atoms with Crippen LogP contribution in [0.15, 0.2) is 29.2 Å². The van der Waals surface area contributed by atoms with Gasteiger partial charge in [0.15, 0.2) is 0 Å². The van der Waals surface area contributed by atoms with Crippen molar-refractivity contribution in [3.05, 3.63) is 24.3 Å². The highest BCUT2D eigenvalue weighted by Gasteiger charge is 2.24. The SMILES string of the molecule is CCC(N)(CC)CNS(=O)(=O)c1ccc(OCC(F)F)cc1.Cl. The molecule has 0 heterocycles. The number of nitrogens with two attached hydrogens (primary N) is 1.